The van der Waals surface area contributed by atoms with Crippen LogP contribution in [-0.4, -0.2) is 4.57 Å². The van der Waals surface area contributed by atoms with E-state index in [-0.39, 0.29) is 0 Å². The van der Waals surface area contributed by atoms with Crippen LogP contribution in [0.5, 0.6) is 0 Å². The molecule has 0 aliphatic rings. The molecule has 0 amide bonds. The average Bonchev–Trinajstić information content (AvgIpc) is 3.69. The first kappa shape index (κ1) is 35.7. The van der Waals surface area contributed by atoms with E-state index in [0.717, 1.165) is 22.7 Å². The maximum Gasteiger partial charge on any atom is 0.0541 e. The number of rotatable bonds is 7. The third-order valence-electron chi connectivity index (χ3n) is 12.6. The summed E-state index contributed by atoms with van der Waals surface area (Å²) in [6.45, 7) is 0. The highest BCUT2D eigenvalue weighted by molar-refractivity contribution is 6.14. The minimum Gasteiger partial charge on any atom is -0.311 e. The molecule has 290 valence electrons. The Hall–Kier alpha value is -8.20. The standard InChI is InChI=1S/C60H40N2/c1-2-12-46-39-47(22-21-41(46)11-1)44-27-33-50(34-28-44)61(51-37-29-45(30-38-51)58-40-48-13-3-4-14-53(48)54-15-5-6-16-55(54)58)49-31-23-42(24-32-49)43-25-35-52(36-26-43)62-59-19-9-7-17-56(59)57-18-8-10-20-60(57)62/h1-40H. The van der Waals surface area contributed by atoms with Crippen LogP contribution in [0.25, 0.3) is 93.2 Å². The van der Waals surface area contributed by atoms with Crippen molar-refractivity contribution in [2.45, 2.75) is 0 Å². The van der Waals surface area contributed by atoms with Crippen molar-refractivity contribution in [2.75, 3.05) is 4.90 Å². The Morgan fingerprint density at radius 3 is 1.27 bits per heavy atom. The highest BCUT2D eigenvalue weighted by Crippen LogP contribution is 2.40. The summed E-state index contributed by atoms with van der Waals surface area (Å²) < 4.78 is 2.37. The summed E-state index contributed by atoms with van der Waals surface area (Å²) in [7, 11) is 0. The van der Waals surface area contributed by atoms with Crippen LogP contribution in [0.15, 0.2) is 243 Å². The quantitative estimate of drug-likeness (QED) is 0.146. The maximum absolute atomic E-state index is 2.37. The monoisotopic (exact) mass is 788 g/mol. The predicted octanol–water partition coefficient (Wildman–Crippen LogP) is 16.7. The maximum atomic E-state index is 2.37. The topological polar surface area (TPSA) is 8.17 Å². The summed E-state index contributed by atoms with van der Waals surface area (Å²) in [5, 5.41) is 10.1. The molecule has 0 aliphatic heterocycles. The number of benzene rings is 11. The van der Waals surface area contributed by atoms with Crippen LogP contribution in [0.3, 0.4) is 0 Å². The van der Waals surface area contributed by atoms with E-state index in [2.05, 4.69) is 252 Å². The van der Waals surface area contributed by atoms with Crippen molar-refractivity contribution in [3.05, 3.63) is 243 Å². The lowest BCUT2D eigenvalue weighted by molar-refractivity contribution is 1.18. The molecule has 11 aromatic carbocycles. The third kappa shape index (κ3) is 6.12. The summed E-state index contributed by atoms with van der Waals surface area (Å²) in [5.74, 6) is 0. The second-order valence-corrected chi connectivity index (χ2v) is 16.1. The molecular weight excluding hydrogens is 749 g/mol. The van der Waals surface area contributed by atoms with E-state index in [4.69, 9.17) is 0 Å². The van der Waals surface area contributed by atoms with Gasteiger partial charge < -0.3 is 9.47 Å². The minimum absolute atomic E-state index is 1.10. The van der Waals surface area contributed by atoms with Crippen molar-refractivity contribution in [2.24, 2.45) is 0 Å². The van der Waals surface area contributed by atoms with Crippen LogP contribution in [0.1, 0.15) is 0 Å². The van der Waals surface area contributed by atoms with Gasteiger partial charge in [0.15, 0.2) is 0 Å². The first-order valence-corrected chi connectivity index (χ1v) is 21.3. The zero-order valence-corrected chi connectivity index (χ0v) is 34.0. The minimum atomic E-state index is 1.10. The number of hydrogen-bond donors (Lipinski definition) is 0. The highest BCUT2D eigenvalue weighted by atomic mass is 15.1. The van der Waals surface area contributed by atoms with Crippen molar-refractivity contribution in [1.82, 2.24) is 4.57 Å². The van der Waals surface area contributed by atoms with Gasteiger partial charge in [-0.15, -0.1) is 0 Å². The van der Waals surface area contributed by atoms with Crippen molar-refractivity contribution < 1.29 is 0 Å². The van der Waals surface area contributed by atoms with Crippen molar-refractivity contribution in [1.29, 1.82) is 0 Å². The molecule has 1 heterocycles. The molecule has 0 saturated carbocycles. The fourth-order valence-electron chi connectivity index (χ4n) is 9.51. The Morgan fingerprint density at radius 2 is 0.677 bits per heavy atom. The average molecular weight is 789 g/mol. The van der Waals surface area contributed by atoms with E-state index in [9.17, 15) is 0 Å². The highest BCUT2D eigenvalue weighted by Gasteiger charge is 2.16. The predicted molar refractivity (Wildman–Crippen MR) is 264 cm³/mol. The Balaban J connectivity index is 0.911. The van der Waals surface area contributed by atoms with Crippen LogP contribution in [-0.2, 0) is 0 Å². The second-order valence-electron chi connectivity index (χ2n) is 16.1. The lowest BCUT2D eigenvalue weighted by Crippen LogP contribution is -2.09. The lowest BCUT2D eigenvalue weighted by Gasteiger charge is -2.26. The van der Waals surface area contributed by atoms with Gasteiger partial charge in [0.05, 0.1) is 11.0 Å². The molecule has 0 fully saturated rings. The molecule has 2 nitrogen and oxygen atoms in total. The number of anilines is 3. The van der Waals surface area contributed by atoms with Crippen molar-refractivity contribution in [3.8, 4) is 39.1 Å². The molecular formula is C60H40N2. The number of para-hydroxylation sites is 2. The summed E-state index contributed by atoms with van der Waals surface area (Å²) in [4.78, 5) is 2.36. The molecule has 12 aromatic rings. The van der Waals surface area contributed by atoms with Gasteiger partial charge in [-0.1, -0.05) is 170 Å². The van der Waals surface area contributed by atoms with Crippen LogP contribution < -0.4 is 4.90 Å². The Kier molecular flexibility index (Phi) is 8.53. The van der Waals surface area contributed by atoms with Crippen LogP contribution in [0.2, 0.25) is 0 Å². The molecule has 0 radical (unpaired) electrons. The van der Waals surface area contributed by atoms with E-state index in [1.165, 1.54) is 87.5 Å². The Labute approximate surface area is 360 Å². The molecule has 0 saturated heterocycles. The van der Waals surface area contributed by atoms with Gasteiger partial charge in [0, 0.05) is 33.5 Å². The molecule has 0 unspecified atom stereocenters. The largest absolute Gasteiger partial charge is 0.311 e. The summed E-state index contributed by atoms with van der Waals surface area (Å²) in [5.41, 5.74) is 14.1. The Bertz CT molecular complexity index is 3540. The number of hydrogen-bond acceptors (Lipinski definition) is 1. The molecule has 62 heavy (non-hydrogen) atoms. The molecule has 12 rings (SSSR count). The van der Waals surface area contributed by atoms with Crippen LogP contribution in [0, 0.1) is 0 Å². The molecule has 0 spiro atoms. The van der Waals surface area contributed by atoms with Gasteiger partial charge in [0.25, 0.3) is 0 Å². The zero-order valence-electron chi connectivity index (χ0n) is 34.0. The number of aromatic nitrogens is 1. The van der Waals surface area contributed by atoms with Gasteiger partial charge in [-0.3, -0.25) is 0 Å². The zero-order chi connectivity index (χ0) is 41.0. The smallest absolute Gasteiger partial charge is 0.0541 e. The molecule has 2 heteroatoms. The van der Waals surface area contributed by atoms with E-state index >= 15 is 0 Å². The van der Waals surface area contributed by atoms with Gasteiger partial charge in [0.2, 0.25) is 0 Å². The van der Waals surface area contributed by atoms with E-state index in [0.29, 0.717) is 0 Å². The fraction of sp³-hybridized carbons (Fsp3) is 0. The van der Waals surface area contributed by atoms with Crippen LogP contribution in [0.4, 0.5) is 17.1 Å². The lowest BCUT2D eigenvalue weighted by atomic mass is 9.93. The van der Waals surface area contributed by atoms with E-state index in [1.54, 1.807) is 0 Å². The first-order valence-electron chi connectivity index (χ1n) is 21.3. The molecule has 1 aromatic heterocycles. The van der Waals surface area contributed by atoms with Crippen molar-refractivity contribution >= 4 is 71.2 Å². The van der Waals surface area contributed by atoms with Crippen LogP contribution >= 0.6 is 0 Å². The number of fused-ring (bicyclic) bond motifs is 7. The van der Waals surface area contributed by atoms with Gasteiger partial charge >= 0.3 is 0 Å². The summed E-state index contributed by atoms with van der Waals surface area (Å²) >= 11 is 0. The first-order chi connectivity index (χ1) is 30.7. The summed E-state index contributed by atoms with van der Waals surface area (Å²) in [6.07, 6.45) is 0. The number of nitrogens with zero attached hydrogens (tertiary/aromatic N) is 2. The van der Waals surface area contributed by atoms with Gasteiger partial charge in [-0.2, -0.15) is 0 Å². The second kappa shape index (κ2) is 14.8. The third-order valence-corrected chi connectivity index (χ3v) is 12.6. The van der Waals surface area contributed by atoms with Crippen molar-refractivity contribution in [3.63, 3.8) is 0 Å². The van der Waals surface area contributed by atoms with E-state index in [1.807, 2.05) is 0 Å². The van der Waals surface area contributed by atoms with Gasteiger partial charge in [-0.25, -0.2) is 0 Å². The molecule has 0 bridgehead atoms. The fourth-order valence-corrected chi connectivity index (χ4v) is 9.51. The van der Waals surface area contributed by atoms with E-state index < -0.39 is 0 Å². The summed E-state index contributed by atoms with van der Waals surface area (Å²) in [6, 6.07) is 88.4. The molecule has 0 aliphatic carbocycles. The SMILES string of the molecule is c1ccc2cc(-c3ccc(N(c4ccc(-c5ccc(-n6c7ccccc7c7ccccc76)cc5)cc4)c4ccc(-c5cc6ccccc6c6ccccc56)cc4)cc3)ccc2c1. The Morgan fingerprint density at radius 1 is 0.258 bits per heavy atom. The van der Waals surface area contributed by atoms with Gasteiger partial charge in [-0.05, 0) is 138 Å². The normalized spacial score (nSPS) is 11.5. The molecule has 0 atom stereocenters. The molecule has 0 N–H and O–H groups in total. The van der Waals surface area contributed by atoms with Gasteiger partial charge in [0.1, 0.15) is 0 Å².